The van der Waals surface area contributed by atoms with Gasteiger partial charge in [0.2, 0.25) is 0 Å². The monoisotopic (exact) mass is 275 g/mol. The summed E-state index contributed by atoms with van der Waals surface area (Å²) in [4.78, 5) is 3.37. The Hall–Kier alpha value is -1.01. The Morgan fingerprint density at radius 1 is 1.33 bits per heavy atom. The molecule has 1 aromatic carbocycles. The first-order chi connectivity index (χ1) is 8.32. The van der Waals surface area contributed by atoms with Gasteiger partial charge in [-0.1, -0.05) is 30.3 Å². The van der Waals surface area contributed by atoms with Crippen LogP contribution in [0.2, 0.25) is 0 Å². The van der Waals surface area contributed by atoms with Gasteiger partial charge in [0, 0.05) is 11.7 Å². The van der Waals surface area contributed by atoms with Crippen LogP contribution in [0.1, 0.15) is 24.2 Å². The van der Waals surface area contributed by atoms with Gasteiger partial charge in [-0.05, 0) is 12.5 Å². The highest BCUT2D eigenvalue weighted by Gasteiger charge is 2.56. The average molecular weight is 275 g/mol. The normalized spacial score (nSPS) is 28.9. The summed E-state index contributed by atoms with van der Waals surface area (Å²) in [6.45, 7) is 1.48. The smallest absolute Gasteiger partial charge is 0.362 e. The number of thioether (sulfide) groups is 1. The first-order valence-corrected chi connectivity index (χ1v) is 6.27. The van der Waals surface area contributed by atoms with E-state index in [-0.39, 0.29) is 5.04 Å². The molecular weight excluding hydrogens is 263 g/mol. The van der Waals surface area contributed by atoms with Crippen molar-refractivity contribution in [3.05, 3.63) is 35.9 Å². The molecule has 0 radical (unpaired) electrons. The van der Waals surface area contributed by atoms with Crippen molar-refractivity contribution < 1.29 is 18.3 Å². The lowest BCUT2D eigenvalue weighted by Crippen LogP contribution is -2.46. The summed E-state index contributed by atoms with van der Waals surface area (Å²) in [5, 5.41) is 9.49. The molecule has 0 aliphatic carbocycles. The second-order valence-corrected chi connectivity index (χ2v) is 5.56. The summed E-state index contributed by atoms with van der Waals surface area (Å²) in [6.07, 6.45) is -5.20. The van der Waals surface area contributed by atoms with E-state index in [9.17, 15) is 18.3 Å². The van der Waals surface area contributed by atoms with E-state index in [2.05, 4.69) is 4.99 Å². The Labute approximate surface area is 107 Å². The SMILES string of the molecule is CC1=N[C@@](O)(C(F)(F)F)C[C@@H](c2ccccc2)S1. The number of hydrogen-bond acceptors (Lipinski definition) is 3. The molecule has 98 valence electrons. The molecular formula is C12H12F3NOS. The molecule has 2 atom stereocenters. The number of nitrogens with zero attached hydrogens (tertiary/aromatic N) is 1. The highest BCUT2D eigenvalue weighted by atomic mass is 32.2. The van der Waals surface area contributed by atoms with Crippen LogP contribution >= 0.6 is 11.8 Å². The molecule has 0 fully saturated rings. The highest BCUT2D eigenvalue weighted by Crippen LogP contribution is 2.47. The largest absolute Gasteiger partial charge is 0.438 e. The van der Waals surface area contributed by atoms with E-state index in [4.69, 9.17) is 0 Å². The number of hydrogen-bond donors (Lipinski definition) is 1. The molecule has 18 heavy (non-hydrogen) atoms. The lowest BCUT2D eigenvalue weighted by molar-refractivity contribution is -0.259. The van der Waals surface area contributed by atoms with Crippen LogP contribution in [-0.4, -0.2) is 22.1 Å². The van der Waals surface area contributed by atoms with Gasteiger partial charge in [0.25, 0.3) is 5.72 Å². The maximum absolute atomic E-state index is 12.8. The van der Waals surface area contributed by atoms with Gasteiger partial charge in [-0.2, -0.15) is 13.2 Å². The van der Waals surface area contributed by atoms with E-state index in [0.29, 0.717) is 0 Å². The molecule has 1 heterocycles. The minimum atomic E-state index is -4.75. The van der Waals surface area contributed by atoms with Crippen molar-refractivity contribution in [1.82, 2.24) is 0 Å². The fourth-order valence-corrected chi connectivity index (χ4v) is 3.10. The van der Waals surface area contributed by atoms with Gasteiger partial charge in [-0.25, -0.2) is 4.99 Å². The zero-order valence-electron chi connectivity index (χ0n) is 9.61. The van der Waals surface area contributed by atoms with Crippen LogP contribution in [0.4, 0.5) is 13.2 Å². The third kappa shape index (κ3) is 2.54. The quantitative estimate of drug-likeness (QED) is 0.850. The molecule has 0 unspecified atom stereocenters. The molecule has 1 N–H and O–H groups in total. The van der Waals surface area contributed by atoms with Crippen LogP contribution in [0.5, 0.6) is 0 Å². The topological polar surface area (TPSA) is 32.6 Å². The predicted octanol–water partition coefficient (Wildman–Crippen LogP) is 3.53. The molecule has 1 aliphatic heterocycles. The molecule has 0 spiro atoms. The van der Waals surface area contributed by atoms with E-state index >= 15 is 0 Å². The van der Waals surface area contributed by atoms with E-state index < -0.39 is 23.6 Å². The molecule has 0 saturated heterocycles. The Morgan fingerprint density at radius 3 is 2.50 bits per heavy atom. The summed E-state index contributed by atoms with van der Waals surface area (Å²) >= 11 is 1.25. The number of benzene rings is 1. The van der Waals surface area contributed by atoms with Gasteiger partial charge in [-0.15, -0.1) is 11.8 Å². The lowest BCUT2D eigenvalue weighted by atomic mass is 10.0. The maximum atomic E-state index is 12.8. The van der Waals surface area contributed by atoms with Crippen molar-refractivity contribution >= 4 is 16.8 Å². The average Bonchev–Trinajstić information content (AvgIpc) is 2.27. The van der Waals surface area contributed by atoms with Crippen molar-refractivity contribution in [3.8, 4) is 0 Å². The Kier molecular flexibility index (Phi) is 3.42. The number of aliphatic hydroxyl groups is 1. The summed E-state index contributed by atoms with van der Waals surface area (Å²) in [7, 11) is 0. The van der Waals surface area contributed by atoms with Gasteiger partial charge < -0.3 is 5.11 Å². The van der Waals surface area contributed by atoms with Crippen LogP contribution in [0.25, 0.3) is 0 Å². The summed E-state index contributed by atoms with van der Waals surface area (Å²) in [6, 6.07) is 8.85. The molecule has 0 bridgehead atoms. The third-order valence-electron chi connectivity index (χ3n) is 2.75. The minimum Gasteiger partial charge on any atom is -0.362 e. The van der Waals surface area contributed by atoms with E-state index in [1.807, 2.05) is 0 Å². The number of aliphatic imine (C=N–C) groups is 1. The lowest BCUT2D eigenvalue weighted by Gasteiger charge is -2.34. The van der Waals surface area contributed by atoms with Crippen molar-refractivity contribution in [2.24, 2.45) is 4.99 Å². The van der Waals surface area contributed by atoms with Crippen LogP contribution < -0.4 is 0 Å². The van der Waals surface area contributed by atoms with E-state index in [1.54, 1.807) is 30.3 Å². The second kappa shape index (κ2) is 4.59. The number of halogens is 3. The van der Waals surface area contributed by atoms with Crippen molar-refractivity contribution in [2.75, 3.05) is 0 Å². The minimum absolute atomic E-state index is 0.245. The molecule has 0 aromatic heterocycles. The van der Waals surface area contributed by atoms with Crippen LogP contribution in [-0.2, 0) is 0 Å². The van der Waals surface area contributed by atoms with Gasteiger partial charge in [-0.3, -0.25) is 0 Å². The molecule has 2 nitrogen and oxygen atoms in total. The van der Waals surface area contributed by atoms with Crippen molar-refractivity contribution in [1.29, 1.82) is 0 Å². The van der Waals surface area contributed by atoms with Crippen molar-refractivity contribution in [3.63, 3.8) is 0 Å². The fraction of sp³-hybridized carbons (Fsp3) is 0.417. The first-order valence-electron chi connectivity index (χ1n) is 5.39. The van der Waals surface area contributed by atoms with Crippen LogP contribution in [0, 0.1) is 0 Å². The molecule has 1 aromatic rings. The molecule has 1 aliphatic rings. The van der Waals surface area contributed by atoms with E-state index in [1.165, 1.54) is 18.7 Å². The Bertz CT molecular complexity index is 460. The molecule has 0 saturated carbocycles. The van der Waals surface area contributed by atoms with E-state index in [0.717, 1.165) is 5.56 Å². The number of rotatable bonds is 1. The first kappa shape index (κ1) is 13.4. The van der Waals surface area contributed by atoms with Gasteiger partial charge in [0.05, 0.1) is 5.04 Å². The fourth-order valence-electron chi connectivity index (χ4n) is 1.87. The standard InChI is InChI=1S/C12H12F3NOS/c1-8-16-11(17,12(13,14)15)7-10(18-8)9-5-3-2-4-6-9/h2-6,10,17H,7H2,1H3/t10-,11-/m0/s1. The Morgan fingerprint density at radius 2 is 1.94 bits per heavy atom. The van der Waals surface area contributed by atoms with Crippen LogP contribution in [0.15, 0.2) is 35.3 Å². The summed E-state index contributed by atoms with van der Waals surface area (Å²) < 4.78 is 38.5. The van der Waals surface area contributed by atoms with Gasteiger partial charge in [0.1, 0.15) is 0 Å². The number of alkyl halides is 3. The zero-order chi connectivity index (χ0) is 13.4. The van der Waals surface area contributed by atoms with Gasteiger partial charge in [0.15, 0.2) is 0 Å². The Balaban J connectivity index is 2.32. The predicted molar refractivity (Wildman–Crippen MR) is 65.5 cm³/mol. The third-order valence-corrected chi connectivity index (χ3v) is 3.91. The maximum Gasteiger partial charge on any atom is 0.438 e. The molecule has 0 amide bonds. The summed E-state index contributed by atoms with van der Waals surface area (Å²) in [5.41, 5.74) is -2.21. The second-order valence-electron chi connectivity index (χ2n) is 4.17. The zero-order valence-corrected chi connectivity index (χ0v) is 10.4. The van der Waals surface area contributed by atoms with Crippen LogP contribution in [0.3, 0.4) is 0 Å². The van der Waals surface area contributed by atoms with Gasteiger partial charge >= 0.3 is 6.18 Å². The molecule has 6 heteroatoms. The summed E-state index contributed by atoms with van der Waals surface area (Å²) in [5.74, 6) is 0. The van der Waals surface area contributed by atoms with Crippen molar-refractivity contribution in [2.45, 2.75) is 30.5 Å². The highest BCUT2D eigenvalue weighted by molar-refractivity contribution is 8.14. The molecule has 2 rings (SSSR count).